The molecule has 10 aromatic carbocycles. The molecule has 0 aliphatic rings. The Balaban J connectivity index is 0.000000151. The Labute approximate surface area is 454 Å². The number of para-hydroxylation sites is 6. The van der Waals surface area contributed by atoms with Crippen LogP contribution in [0.5, 0.6) is 0 Å². The predicted octanol–water partition coefficient (Wildman–Crippen LogP) is 19.8. The number of rotatable bonds is 8. The molecule has 0 amide bonds. The minimum atomic E-state index is -0.500. The van der Waals surface area contributed by atoms with Crippen molar-refractivity contribution in [2.24, 2.45) is 0 Å². The van der Waals surface area contributed by atoms with Crippen LogP contribution < -0.4 is 21.7 Å². The molecule has 0 saturated carbocycles. The first-order chi connectivity index (χ1) is 36.6. The number of aliphatic hydroxyl groups is 1. The van der Waals surface area contributed by atoms with Crippen molar-refractivity contribution in [2.75, 3.05) is 21.7 Å². The van der Waals surface area contributed by atoms with Gasteiger partial charge in [0.25, 0.3) is 0 Å². The summed E-state index contributed by atoms with van der Waals surface area (Å²) in [4.78, 5) is 0. The number of benzene rings is 10. The number of hydrogen-bond acceptors (Lipinski definition) is 7. The van der Waals surface area contributed by atoms with Crippen LogP contribution in [0.3, 0.4) is 0 Å². The first-order valence-electron chi connectivity index (χ1n) is 25.4. The van der Waals surface area contributed by atoms with E-state index in [9.17, 15) is 0 Å². The highest BCUT2D eigenvalue weighted by molar-refractivity contribution is 9.10. The number of furan rings is 2. The van der Waals surface area contributed by atoms with E-state index in [0.29, 0.717) is 5.69 Å². The lowest BCUT2D eigenvalue weighted by molar-refractivity contribution is 0.102. The fourth-order valence-corrected chi connectivity index (χ4v) is 9.90. The quantitative estimate of drug-likeness (QED) is 0.0965. The smallest absolute Gasteiger partial charge is 0.143 e. The minimum Gasteiger partial charge on any atom is -0.455 e. The van der Waals surface area contributed by atoms with Gasteiger partial charge in [-0.1, -0.05) is 149 Å². The molecule has 0 fully saturated rings. The molecule has 0 radical (unpaired) electrons. The number of hydrogen-bond donors (Lipinski definition) is 5. The normalized spacial score (nSPS) is 11.0. The van der Waals surface area contributed by atoms with Crippen LogP contribution in [0.1, 0.15) is 43.0 Å². The van der Waals surface area contributed by atoms with Gasteiger partial charge in [-0.25, -0.2) is 0 Å². The van der Waals surface area contributed by atoms with Gasteiger partial charge in [0.1, 0.15) is 22.3 Å². The molecule has 0 saturated heterocycles. The van der Waals surface area contributed by atoms with Crippen LogP contribution in [0.2, 0.25) is 0 Å². The molecule has 76 heavy (non-hydrogen) atoms. The van der Waals surface area contributed by atoms with Crippen molar-refractivity contribution in [1.82, 2.24) is 0 Å². The maximum Gasteiger partial charge on any atom is 0.143 e. The SMILES string of the molecule is CC(C)(C)O.Cc1cc(C)cc(Br)c1.Cc1cc(C)cc(Nc2ccc(-c3cccc4c3oc3ccccc34)cc2Nc2ccccc2)c1.Nc1ccc(-c2cccc3c2oc2ccccc23)cc1Nc1ccccc1. The summed E-state index contributed by atoms with van der Waals surface area (Å²) in [5.41, 5.74) is 25.4. The predicted molar refractivity (Wildman–Crippen MR) is 327 cm³/mol. The molecule has 7 nitrogen and oxygen atoms in total. The van der Waals surface area contributed by atoms with Gasteiger partial charge in [0.15, 0.2) is 0 Å². The third-order valence-corrected chi connectivity index (χ3v) is 12.8. The zero-order valence-electron chi connectivity index (χ0n) is 44.0. The average molecular weight is 1060 g/mol. The highest BCUT2D eigenvalue weighted by Gasteiger charge is 2.16. The van der Waals surface area contributed by atoms with Gasteiger partial charge in [0.2, 0.25) is 0 Å². The van der Waals surface area contributed by atoms with E-state index in [-0.39, 0.29) is 0 Å². The highest BCUT2D eigenvalue weighted by atomic mass is 79.9. The zero-order valence-corrected chi connectivity index (χ0v) is 45.6. The molecule has 380 valence electrons. The third kappa shape index (κ3) is 13.2. The van der Waals surface area contributed by atoms with Crippen molar-refractivity contribution in [2.45, 2.75) is 54.1 Å². The van der Waals surface area contributed by atoms with E-state index in [4.69, 9.17) is 19.7 Å². The van der Waals surface area contributed by atoms with Gasteiger partial charge in [-0.2, -0.15) is 0 Å². The summed E-state index contributed by atoms with van der Waals surface area (Å²) < 4.78 is 13.7. The molecule has 0 atom stereocenters. The van der Waals surface area contributed by atoms with E-state index in [1.807, 2.05) is 91.0 Å². The van der Waals surface area contributed by atoms with Crippen LogP contribution in [0.25, 0.3) is 66.1 Å². The minimum absolute atomic E-state index is 0.500. The Morgan fingerprint density at radius 2 is 0.789 bits per heavy atom. The molecule has 8 heteroatoms. The topological polar surface area (TPSA) is 109 Å². The molecular formula is C68H63BrN4O3. The van der Waals surface area contributed by atoms with E-state index >= 15 is 0 Å². The Morgan fingerprint density at radius 1 is 0.395 bits per heavy atom. The van der Waals surface area contributed by atoms with Gasteiger partial charge in [-0.15, -0.1) is 0 Å². The molecule has 0 bridgehead atoms. The van der Waals surface area contributed by atoms with Crippen LogP contribution in [-0.2, 0) is 0 Å². The number of nitrogen functional groups attached to an aromatic ring is 1. The lowest BCUT2D eigenvalue weighted by Crippen LogP contribution is -2.10. The molecule has 12 rings (SSSR count). The molecule has 0 aliphatic carbocycles. The molecule has 0 unspecified atom stereocenters. The first kappa shape index (κ1) is 52.3. The second-order valence-corrected chi connectivity index (χ2v) is 21.0. The van der Waals surface area contributed by atoms with Gasteiger partial charge in [0.05, 0.1) is 28.4 Å². The Hall–Kier alpha value is -8.56. The molecule has 0 aliphatic heterocycles. The van der Waals surface area contributed by atoms with Crippen molar-refractivity contribution >= 4 is 99.6 Å². The highest BCUT2D eigenvalue weighted by Crippen LogP contribution is 2.40. The summed E-state index contributed by atoms with van der Waals surface area (Å²) in [5.74, 6) is 0. The molecular weight excluding hydrogens is 1000 g/mol. The fourth-order valence-electron chi connectivity index (χ4n) is 9.18. The van der Waals surface area contributed by atoms with Crippen LogP contribution in [0.15, 0.2) is 232 Å². The third-order valence-electron chi connectivity index (χ3n) is 12.3. The molecule has 0 spiro atoms. The van der Waals surface area contributed by atoms with E-state index in [2.05, 4.69) is 187 Å². The lowest BCUT2D eigenvalue weighted by atomic mass is 10.0. The molecule has 2 aromatic heterocycles. The molecule has 6 N–H and O–H groups in total. The van der Waals surface area contributed by atoms with E-state index in [1.165, 1.54) is 26.7 Å². The second kappa shape index (κ2) is 23.3. The maximum absolute atomic E-state index is 8.52. The molecule has 2 heterocycles. The summed E-state index contributed by atoms with van der Waals surface area (Å²) in [6, 6.07) is 74.7. The Bertz CT molecular complexity index is 3850. The number of nitrogens with one attached hydrogen (secondary N) is 3. The number of fused-ring (bicyclic) bond motifs is 6. The fraction of sp³-hybridized carbons (Fsp3) is 0.118. The summed E-state index contributed by atoms with van der Waals surface area (Å²) >= 11 is 3.41. The van der Waals surface area contributed by atoms with Gasteiger partial charge >= 0.3 is 0 Å². The largest absolute Gasteiger partial charge is 0.455 e. The van der Waals surface area contributed by atoms with E-state index in [0.717, 1.165) is 100 Å². The maximum atomic E-state index is 8.52. The number of nitrogens with two attached hydrogens (primary N) is 1. The van der Waals surface area contributed by atoms with Crippen molar-refractivity contribution < 1.29 is 13.9 Å². The van der Waals surface area contributed by atoms with Crippen LogP contribution in [0, 0.1) is 27.7 Å². The first-order valence-corrected chi connectivity index (χ1v) is 26.2. The van der Waals surface area contributed by atoms with Gasteiger partial charge in [-0.3, -0.25) is 0 Å². The Morgan fingerprint density at radius 3 is 1.28 bits per heavy atom. The summed E-state index contributed by atoms with van der Waals surface area (Å²) in [7, 11) is 0. The number of anilines is 7. The van der Waals surface area contributed by atoms with Crippen LogP contribution >= 0.6 is 15.9 Å². The summed E-state index contributed by atoms with van der Waals surface area (Å²) in [6.45, 7) is 13.7. The molecule has 12 aromatic rings. The average Bonchev–Trinajstić information content (AvgIpc) is 3.97. The standard InChI is InChI=1S/C32H26N2O.C24H18N2O.C8H9Br.C4H10O/c1-21-17-22(2)19-25(18-21)34-29-16-15-23(20-30(29)33-24-9-4-3-5-10-24)26-12-8-13-28-27-11-6-7-14-31(27)35-32(26)28;25-21-14-13-16(15-22(21)26-17-7-2-1-3-8-17)18-10-6-11-20-19-9-4-5-12-23(19)27-24(18)20;1-6-3-7(2)5-8(9)4-6;1-4(2,3)5/h3-20,33-34H,1-2H3;1-15,26H,25H2;3-5H,1-2H3;5H,1-3H3. The van der Waals surface area contributed by atoms with Gasteiger partial charge < -0.3 is 35.6 Å². The van der Waals surface area contributed by atoms with Crippen LogP contribution in [0.4, 0.5) is 39.8 Å². The van der Waals surface area contributed by atoms with Crippen molar-refractivity contribution in [3.05, 3.63) is 245 Å². The van der Waals surface area contributed by atoms with E-state index in [1.54, 1.807) is 20.8 Å². The van der Waals surface area contributed by atoms with Crippen molar-refractivity contribution in [3.63, 3.8) is 0 Å². The summed E-state index contributed by atoms with van der Waals surface area (Å²) in [5, 5.41) is 23.7. The van der Waals surface area contributed by atoms with Gasteiger partial charge in [-0.05, 0) is 167 Å². The number of aryl methyl sites for hydroxylation is 4. The number of halogens is 1. The second-order valence-electron chi connectivity index (χ2n) is 20.1. The summed E-state index contributed by atoms with van der Waals surface area (Å²) in [6.07, 6.45) is 0. The van der Waals surface area contributed by atoms with Gasteiger partial charge in [0, 0.05) is 54.2 Å². The van der Waals surface area contributed by atoms with Crippen LogP contribution in [-0.4, -0.2) is 10.7 Å². The van der Waals surface area contributed by atoms with E-state index < -0.39 is 5.60 Å². The Kier molecular flexibility index (Phi) is 16.1. The zero-order chi connectivity index (χ0) is 53.3. The van der Waals surface area contributed by atoms with Crippen molar-refractivity contribution in [3.8, 4) is 22.3 Å². The monoisotopic (exact) mass is 1060 g/mol. The lowest BCUT2D eigenvalue weighted by Gasteiger charge is -2.17. The van der Waals surface area contributed by atoms with Crippen molar-refractivity contribution in [1.29, 1.82) is 0 Å².